The number of carbonyl (C=O) groups excluding carboxylic acids is 1. The molecule has 1 heterocycles. The monoisotopic (exact) mass is 646 g/mol. The van der Waals surface area contributed by atoms with Crippen molar-refractivity contribution in [1.29, 1.82) is 0 Å². The van der Waals surface area contributed by atoms with Gasteiger partial charge >= 0.3 is 6.09 Å². The van der Waals surface area contributed by atoms with E-state index in [9.17, 15) is 29.7 Å². The summed E-state index contributed by atoms with van der Waals surface area (Å²) in [5, 5.41) is 39.3. The number of carbonyl (C=O) groups is 2. The van der Waals surface area contributed by atoms with Crippen molar-refractivity contribution in [2.75, 3.05) is 17.2 Å². The summed E-state index contributed by atoms with van der Waals surface area (Å²) >= 11 is 0. The number of nitrogens with one attached hydrogen (secondary N) is 4. The van der Waals surface area contributed by atoms with Gasteiger partial charge in [-0.25, -0.2) is 4.79 Å². The van der Waals surface area contributed by atoms with Crippen LogP contribution in [0.5, 0.6) is 5.75 Å². The second kappa shape index (κ2) is 16.6. The molecule has 47 heavy (non-hydrogen) atoms. The van der Waals surface area contributed by atoms with Crippen LogP contribution in [-0.2, 0) is 17.8 Å². The van der Waals surface area contributed by atoms with Crippen molar-refractivity contribution in [3.05, 3.63) is 124 Å². The number of phenolic OH excluding ortho intramolecular Hbond substituents is 1. The Morgan fingerprint density at radius 2 is 1.55 bits per heavy atom. The maximum Gasteiger partial charge on any atom is 0.409 e. The molecule has 0 saturated heterocycles. The third kappa shape index (κ3) is 9.45. The number of hydrogen-bond donors (Lipinski definition) is 7. The number of hydrogen-bond acceptors (Lipinski definition) is 6. The number of rotatable bonds is 12. The smallest absolute Gasteiger partial charge is 0.409 e. The Kier molecular flexibility index (Phi) is 12.7. The molecular formula is C35H36F2N4O6. The van der Waals surface area contributed by atoms with Crippen LogP contribution in [0.2, 0.25) is 0 Å². The summed E-state index contributed by atoms with van der Waals surface area (Å²) in [6.07, 6.45) is -0.474. The molecule has 0 aliphatic rings. The molecule has 246 valence electrons. The molecule has 0 aliphatic heterocycles. The van der Waals surface area contributed by atoms with Crippen LogP contribution >= 0.6 is 0 Å². The molecule has 5 aromatic rings. The van der Waals surface area contributed by atoms with Gasteiger partial charge in [-0.15, -0.1) is 0 Å². The Hall–Kier alpha value is -5.59. The number of amides is 2. The minimum atomic E-state index is -1.13. The first-order chi connectivity index (χ1) is 21.8. The molecule has 7 N–H and O–H groups in total. The van der Waals surface area contributed by atoms with Gasteiger partial charge in [0.1, 0.15) is 5.75 Å². The highest BCUT2D eigenvalue weighted by Gasteiger charge is 2.14. The van der Waals surface area contributed by atoms with Crippen molar-refractivity contribution in [3.8, 4) is 16.9 Å². The number of aromatic nitrogens is 1. The summed E-state index contributed by atoms with van der Waals surface area (Å²) in [5.74, 6) is -0.173. The van der Waals surface area contributed by atoms with Crippen LogP contribution in [0.1, 0.15) is 35.6 Å². The van der Waals surface area contributed by atoms with E-state index >= 15 is 0 Å². The number of phenols is 1. The lowest BCUT2D eigenvalue weighted by molar-refractivity contribution is -0.116. The molecule has 1 unspecified atom stereocenters. The number of aromatic amines is 1. The third-order valence-corrected chi connectivity index (χ3v) is 7.45. The van der Waals surface area contributed by atoms with Crippen LogP contribution in [0.3, 0.4) is 0 Å². The highest BCUT2D eigenvalue weighted by atomic mass is 19.0. The van der Waals surface area contributed by atoms with E-state index in [0.29, 0.717) is 48.1 Å². The quantitative estimate of drug-likeness (QED) is 0.0864. The van der Waals surface area contributed by atoms with Gasteiger partial charge in [-0.3, -0.25) is 24.3 Å². The van der Waals surface area contributed by atoms with E-state index in [1.807, 2.05) is 72.8 Å². The van der Waals surface area contributed by atoms with Gasteiger partial charge in [0, 0.05) is 42.2 Å². The highest BCUT2D eigenvalue weighted by Crippen LogP contribution is 2.30. The number of aliphatic hydroxyl groups excluding tert-OH is 1. The fourth-order valence-electron chi connectivity index (χ4n) is 5.23. The first kappa shape index (κ1) is 35.9. The van der Waals surface area contributed by atoms with Gasteiger partial charge in [-0.05, 0) is 65.4 Å². The summed E-state index contributed by atoms with van der Waals surface area (Å²) in [6.45, 7) is 0.736. The number of aliphatic hydroxyl groups is 1. The number of carboxylic acid groups (broad SMARTS) is 1. The molecular weight excluding hydrogens is 610 g/mol. The van der Waals surface area contributed by atoms with Crippen molar-refractivity contribution < 1.29 is 34.3 Å². The van der Waals surface area contributed by atoms with Gasteiger partial charge in [0.05, 0.1) is 17.3 Å². The molecule has 12 heteroatoms. The van der Waals surface area contributed by atoms with E-state index in [-0.39, 0.29) is 38.7 Å². The lowest BCUT2D eigenvalue weighted by Crippen LogP contribution is -2.21. The number of benzene rings is 4. The maximum absolute atomic E-state index is 12.6. The summed E-state index contributed by atoms with van der Waals surface area (Å²) in [7, 11) is 0. The fourth-order valence-corrected chi connectivity index (χ4v) is 5.23. The van der Waals surface area contributed by atoms with Crippen molar-refractivity contribution in [3.63, 3.8) is 0 Å². The average Bonchev–Trinajstić information content (AvgIpc) is 3.02. The zero-order chi connectivity index (χ0) is 31.8. The van der Waals surface area contributed by atoms with E-state index in [2.05, 4.69) is 20.9 Å². The molecule has 5 rings (SSSR count). The van der Waals surface area contributed by atoms with Gasteiger partial charge in [0.15, 0.2) is 0 Å². The number of aryl methyl sites for hydroxylation is 1. The molecule has 4 aromatic carbocycles. The van der Waals surface area contributed by atoms with Crippen LogP contribution < -0.4 is 21.5 Å². The molecule has 0 aliphatic carbocycles. The second-order valence-corrected chi connectivity index (χ2v) is 10.7. The number of halogens is 2. The largest absolute Gasteiger partial charge is 0.506 e. The SMILES string of the molecule is F.F.O=C(O)Nc1cc(CCCC(=O)Nc2ccc(CNCC(O)c3ccc(O)c4[nH]c(=O)ccc34)cc2)ccc1-c1ccccc1. The minimum Gasteiger partial charge on any atom is -0.506 e. The van der Waals surface area contributed by atoms with Gasteiger partial charge in [0.2, 0.25) is 11.5 Å². The average molecular weight is 647 g/mol. The highest BCUT2D eigenvalue weighted by molar-refractivity contribution is 5.91. The Labute approximate surface area is 268 Å². The molecule has 0 saturated carbocycles. The van der Waals surface area contributed by atoms with E-state index in [0.717, 1.165) is 22.3 Å². The summed E-state index contributed by atoms with van der Waals surface area (Å²) in [4.78, 5) is 38.2. The summed E-state index contributed by atoms with van der Waals surface area (Å²) in [6, 6.07) is 28.7. The lowest BCUT2D eigenvalue weighted by atomic mass is 9.99. The number of aromatic hydroxyl groups is 1. The van der Waals surface area contributed by atoms with E-state index in [1.54, 1.807) is 12.1 Å². The van der Waals surface area contributed by atoms with E-state index in [4.69, 9.17) is 0 Å². The van der Waals surface area contributed by atoms with Crippen LogP contribution in [0.25, 0.3) is 22.0 Å². The molecule has 0 spiro atoms. The zero-order valence-corrected chi connectivity index (χ0v) is 25.2. The minimum absolute atomic E-state index is 0. The predicted molar refractivity (Wildman–Crippen MR) is 179 cm³/mol. The topological polar surface area (TPSA) is 164 Å². The van der Waals surface area contributed by atoms with Crippen LogP contribution in [0, 0.1) is 0 Å². The zero-order valence-electron chi connectivity index (χ0n) is 25.2. The van der Waals surface area contributed by atoms with Crippen LogP contribution in [0.15, 0.2) is 102 Å². The van der Waals surface area contributed by atoms with Gasteiger partial charge < -0.3 is 30.9 Å². The van der Waals surface area contributed by atoms with Crippen LogP contribution in [0.4, 0.5) is 25.6 Å². The normalized spacial score (nSPS) is 11.2. The van der Waals surface area contributed by atoms with Gasteiger partial charge in [0.25, 0.3) is 0 Å². The van der Waals surface area contributed by atoms with Crippen molar-refractivity contribution in [2.45, 2.75) is 31.9 Å². The second-order valence-electron chi connectivity index (χ2n) is 10.7. The molecule has 1 aromatic heterocycles. The van der Waals surface area contributed by atoms with Gasteiger partial charge in [-0.2, -0.15) is 0 Å². The van der Waals surface area contributed by atoms with Crippen LogP contribution in [-0.4, -0.2) is 38.8 Å². The molecule has 2 amide bonds. The number of anilines is 2. The molecule has 0 fully saturated rings. The molecule has 1 atom stereocenters. The number of H-pyrrole nitrogens is 1. The lowest BCUT2D eigenvalue weighted by Gasteiger charge is -2.15. The van der Waals surface area contributed by atoms with Crippen molar-refractivity contribution in [1.82, 2.24) is 10.3 Å². The Morgan fingerprint density at radius 3 is 2.28 bits per heavy atom. The van der Waals surface area contributed by atoms with Crippen molar-refractivity contribution in [2.24, 2.45) is 0 Å². The number of fused-ring (bicyclic) bond motifs is 1. The van der Waals surface area contributed by atoms with E-state index in [1.165, 1.54) is 12.1 Å². The first-order valence-electron chi connectivity index (χ1n) is 14.6. The number of pyridine rings is 1. The Balaban J connectivity index is 0.00000300. The fraction of sp³-hybridized carbons (Fsp3) is 0.171. The maximum atomic E-state index is 12.6. The molecule has 10 nitrogen and oxygen atoms in total. The third-order valence-electron chi connectivity index (χ3n) is 7.45. The van der Waals surface area contributed by atoms with Gasteiger partial charge in [-0.1, -0.05) is 60.7 Å². The standard InChI is InChI=1S/C35H34N4O6.2FH/c40-30-17-15-27(28-16-18-33(43)39-34(28)30)31(41)21-36-20-23-9-12-25(13-10-23)37-32(42)8-4-5-22-11-14-26(24-6-2-1-3-7-24)29(19-22)38-35(44)45;;/h1-3,6-7,9-19,31,36,38,40-41H,4-5,8,20-21H2,(H,37,42)(H,39,43)(H,44,45);2*1H. The van der Waals surface area contributed by atoms with E-state index < -0.39 is 12.2 Å². The molecule has 0 bridgehead atoms. The Bertz CT molecular complexity index is 1870. The summed E-state index contributed by atoms with van der Waals surface area (Å²) in [5.41, 5.74) is 5.32. The Morgan fingerprint density at radius 1 is 0.830 bits per heavy atom. The predicted octanol–water partition coefficient (Wildman–Crippen LogP) is 6.08. The van der Waals surface area contributed by atoms with Crippen molar-refractivity contribution >= 4 is 34.3 Å². The first-order valence-corrected chi connectivity index (χ1v) is 14.6. The molecule has 0 radical (unpaired) electrons. The summed E-state index contributed by atoms with van der Waals surface area (Å²) < 4.78 is 0.